The van der Waals surface area contributed by atoms with Crippen molar-refractivity contribution in [1.29, 1.82) is 0 Å². The van der Waals surface area contributed by atoms with E-state index in [2.05, 4.69) is 0 Å². The highest BCUT2D eigenvalue weighted by atomic mass is 32.2. The van der Waals surface area contributed by atoms with Crippen LogP contribution in [0.25, 0.3) is 0 Å². The summed E-state index contributed by atoms with van der Waals surface area (Å²) in [6.07, 6.45) is 1.39. The standard InChI is InChI=1S/C7H12F3NOS/c1-6-2-4-11(5-3-6)13(12)7(8,9)10/h6H,2-5H2,1H3. The molecule has 1 aliphatic heterocycles. The first kappa shape index (κ1) is 11.0. The summed E-state index contributed by atoms with van der Waals surface area (Å²) < 4.78 is 47.8. The quantitative estimate of drug-likeness (QED) is 0.654. The lowest BCUT2D eigenvalue weighted by Gasteiger charge is -2.29. The molecule has 0 saturated carbocycles. The summed E-state index contributed by atoms with van der Waals surface area (Å²) in [6, 6.07) is 0. The van der Waals surface area contributed by atoms with Gasteiger partial charge >= 0.3 is 5.51 Å². The summed E-state index contributed by atoms with van der Waals surface area (Å²) in [6.45, 7) is 2.56. The molecule has 0 spiro atoms. The molecule has 1 rings (SSSR count). The number of rotatable bonds is 1. The maximum absolute atomic E-state index is 12.0. The van der Waals surface area contributed by atoms with Crippen LogP contribution in [0.4, 0.5) is 13.2 Å². The lowest BCUT2D eigenvalue weighted by atomic mass is 10.0. The second-order valence-electron chi connectivity index (χ2n) is 3.31. The van der Waals surface area contributed by atoms with Gasteiger partial charge in [0.1, 0.15) is 0 Å². The van der Waals surface area contributed by atoms with E-state index in [4.69, 9.17) is 0 Å². The van der Waals surface area contributed by atoms with Gasteiger partial charge in [0.25, 0.3) is 0 Å². The minimum Gasteiger partial charge on any atom is -0.233 e. The van der Waals surface area contributed by atoms with Crippen LogP contribution in [0, 0.1) is 5.92 Å². The zero-order valence-electron chi connectivity index (χ0n) is 7.30. The number of alkyl halides is 3. The Bertz CT molecular complexity index is 198. The van der Waals surface area contributed by atoms with Gasteiger partial charge in [-0.2, -0.15) is 13.2 Å². The molecule has 0 bridgehead atoms. The third-order valence-corrected chi connectivity index (χ3v) is 3.41. The van der Waals surface area contributed by atoms with E-state index in [0.717, 1.165) is 4.31 Å². The van der Waals surface area contributed by atoms with Crippen LogP contribution < -0.4 is 0 Å². The molecule has 1 heterocycles. The zero-order chi connectivity index (χ0) is 10.1. The van der Waals surface area contributed by atoms with Crippen LogP contribution in [0.2, 0.25) is 0 Å². The molecule has 1 unspecified atom stereocenters. The normalized spacial score (nSPS) is 24.6. The molecular weight excluding hydrogens is 203 g/mol. The highest BCUT2D eigenvalue weighted by Crippen LogP contribution is 2.26. The van der Waals surface area contributed by atoms with Crippen molar-refractivity contribution in [2.75, 3.05) is 13.1 Å². The highest BCUT2D eigenvalue weighted by molar-refractivity contribution is 7.83. The third kappa shape index (κ3) is 2.95. The topological polar surface area (TPSA) is 20.3 Å². The number of nitrogens with zero attached hydrogens (tertiary/aromatic N) is 1. The van der Waals surface area contributed by atoms with E-state index >= 15 is 0 Å². The van der Waals surface area contributed by atoms with Gasteiger partial charge in [0.15, 0.2) is 0 Å². The van der Waals surface area contributed by atoms with Crippen molar-refractivity contribution in [2.24, 2.45) is 5.92 Å². The van der Waals surface area contributed by atoms with Crippen LogP contribution in [0.5, 0.6) is 0 Å². The number of piperidine rings is 1. The van der Waals surface area contributed by atoms with Crippen molar-refractivity contribution in [3.8, 4) is 0 Å². The second kappa shape index (κ2) is 3.96. The second-order valence-corrected chi connectivity index (χ2v) is 4.78. The fourth-order valence-electron chi connectivity index (χ4n) is 1.30. The van der Waals surface area contributed by atoms with Crippen molar-refractivity contribution in [2.45, 2.75) is 25.3 Å². The van der Waals surface area contributed by atoms with Crippen molar-refractivity contribution in [3.63, 3.8) is 0 Å². The Morgan fingerprint density at radius 2 is 1.77 bits per heavy atom. The molecule has 6 heteroatoms. The summed E-state index contributed by atoms with van der Waals surface area (Å²) >= 11 is 0. The monoisotopic (exact) mass is 215 g/mol. The molecule has 0 aromatic rings. The number of halogens is 3. The Hall–Kier alpha value is -0.100. The van der Waals surface area contributed by atoms with E-state index in [-0.39, 0.29) is 13.1 Å². The first-order valence-corrected chi connectivity index (χ1v) is 5.25. The van der Waals surface area contributed by atoms with Crippen LogP contribution in [-0.2, 0) is 11.0 Å². The number of hydrogen-bond donors (Lipinski definition) is 0. The molecule has 78 valence electrons. The molecule has 0 aromatic heterocycles. The highest BCUT2D eigenvalue weighted by Gasteiger charge is 2.41. The Balaban J connectivity index is 2.50. The van der Waals surface area contributed by atoms with Gasteiger partial charge in [0.2, 0.25) is 11.0 Å². The van der Waals surface area contributed by atoms with Gasteiger partial charge in [0, 0.05) is 13.1 Å². The Morgan fingerprint density at radius 3 is 2.15 bits per heavy atom. The van der Waals surface area contributed by atoms with Crippen LogP contribution in [0.3, 0.4) is 0 Å². The molecule has 1 aliphatic rings. The minimum absolute atomic E-state index is 0.285. The summed E-state index contributed by atoms with van der Waals surface area (Å²) in [5.74, 6) is 0.446. The van der Waals surface area contributed by atoms with Gasteiger partial charge < -0.3 is 0 Å². The molecule has 0 radical (unpaired) electrons. The predicted molar refractivity (Wildman–Crippen MR) is 44.2 cm³/mol. The van der Waals surface area contributed by atoms with Crippen molar-refractivity contribution in [1.82, 2.24) is 4.31 Å². The van der Waals surface area contributed by atoms with Gasteiger partial charge in [-0.1, -0.05) is 6.92 Å². The first-order valence-electron chi connectivity index (χ1n) is 4.15. The van der Waals surface area contributed by atoms with E-state index in [9.17, 15) is 17.4 Å². The van der Waals surface area contributed by atoms with Gasteiger partial charge in [-0.15, -0.1) is 0 Å². The largest absolute Gasteiger partial charge is 0.485 e. The average Bonchev–Trinajstić information content (AvgIpc) is 2.03. The van der Waals surface area contributed by atoms with E-state index in [1.165, 1.54) is 0 Å². The molecule has 1 atom stereocenters. The molecular formula is C7H12F3NOS. The Kier molecular flexibility index (Phi) is 3.34. The van der Waals surface area contributed by atoms with E-state index in [0.29, 0.717) is 18.8 Å². The smallest absolute Gasteiger partial charge is 0.233 e. The molecule has 1 saturated heterocycles. The van der Waals surface area contributed by atoms with Gasteiger partial charge in [-0.05, 0) is 18.8 Å². The minimum atomic E-state index is -4.60. The van der Waals surface area contributed by atoms with Crippen LogP contribution in [0.1, 0.15) is 19.8 Å². The van der Waals surface area contributed by atoms with E-state index in [1.807, 2.05) is 6.92 Å². The average molecular weight is 215 g/mol. The predicted octanol–water partition coefficient (Wildman–Crippen LogP) is 1.90. The van der Waals surface area contributed by atoms with Crippen molar-refractivity contribution < 1.29 is 17.4 Å². The van der Waals surface area contributed by atoms with Crippen LogP contribution in [0.15, 0.2) is 0 Å². The van der Waals surface area contributed by atoms with Crippen LogP contribution >= 0.6 is 0 Å². The van der Waals surface area contributed by atoms with Gasteiger partial charge in [-0.25, -0.2) is 8.51 Å². The fourth-order valence-corrected chi connectivity index (χ4v) is 2.13. The molecule has 0 aliphatic carbocycles. The zero-order valence-corrected chi connectivity index (χ0v) is 8.12. The maximum Gasteiger partial charge on any atom is 0.485 e. The lowest BCUT2D eigenvalue weighted by molar-refractivity contribution is -0.0434. The molecule has 2 nitrogen and oxygen atoms in total. The van der Waals surface area contributed by atoms with Crippen molar-refractivity contribution in [3.05, 3.63) is 0 Å². The van der Waals surface area contributed by atoms with Gasteiger partial charge in [0.05, 0.1) is 0 Å². The SMILES string of the molecule is CC1CCN(S(=O)C(F)(F)F)CC1. The summed E-state index contributed by atoms with van der Waals surface area (Å²) in [4.78, 5) is 0. The molecule has 0 N–H and O–H groups in total. The maximum atomic E-state index is 12.0. The molecule has 0 amide bonds. The Labute approximate surface area is 77.7 Å². The number of hydrogen-bond acceptors (Lipinski definition) is 1. The van der Waals surface area contributed by atoms with Crippen LogP contribution in [-0.4, -0.2) is 27.1 Å². The summed E-state index contributed by atoms with van der Waals surface area (Å²) in [5.41, 5.74) is -4.60. The third-order valence-electron chi connectivity index (χ3n) is 2.18. The molecule has 13 heavy (non-hydrogen) atoms. The van der Waals surface area contributed by atoms with Gasteiger partial charge in [-0.3, -0.25) is 0 Å². The van der Waals surface area contributed by atoms with E-state index in [1.54, 1.807) is 0 Å². The lowest BCUT2D eigenvalue weighted by Crippen LogP contribution is -2.40. The van der Waals surface area contributed by atoms with E-state index < -0.39 is 16.5 Å². The fraction of sp³-hybridized carbons (Fsp3) is 1.00. The summed E-state index contributed by atoms with van der Waals surface area (Å²) in [5, 5.41) is 0. The van der Waals surface area contributed by atoms with Crippen molar-refractivity contribution >= 4 is 11.0 Å². The molecule has 0 aromatic carbocycles. The first-order chi connectivity index (χ1) is 5.91. The summed E-state index contributed by atoms with van der Waals surface area (Å²) in [7, 11) is -2.81. The molecule has 1 fully saturated rings. The Morgan fingerprint density at radius 1 is 1.31 bits per heavy atom.